The quantitative estimate of drug-likeness (QED) is 0.699. The van der Waals surface area contributed by atoms with E-state index in [1.807, 2.05) is 18.2 Å². The Bertz CT molecular complexity index is 737. The maximum Gasteiger partial charge on any atom is 0.166 e. The summed E-state index contributed by atoms with van der Waals surface area (Å²) in [5.41, 5.74) is 2.04. The van der Waals surface area contributed by atoms with Crippen LogP contribution in [-0.2, 0) is 6.54 Å². The molecule has 0 bridgehead atoms. The van der Waals surface area contributed by atoms with Gasteiger partial charge in [0.15, 0.2) is 17.3 Å². The summed E-state index contributed by atoms with van der Waals surface area (Å²) in [6.07, 6.45) is 4.13. The Morgan fingerprint density at radius 3 is 2.33 bits per heavy atom. The highest BCUT2D eigenvalue weighted by molar-refractivity contribution is 5.98. The number of methoxy groups -OCH3 is 2. The highest BCUT2D eigenvalue weighted by Gasteiger charge is 2.27. The van der Waals surface area contributed by atoms with Crippen LogP contribution in [0.1, 0.15) is 41.6 Å². The van der Waals surface area contributed by atoms with E-state index in [4.69, 9.17) is 9.47 Å². The van der Waals surface area contributed by atoms with Crippen LogP contribution < -0.4 is 14.8 Å². The summed E-state index contributed by atoms with van der Waals surface area (Å²) in [5, 5.41) is 3.56. The average molecular weight is 367 g/mol. The summed E-state index contributed by atoms with van der Waals surface area (Å²) in [4.78, 5) is 12.9. The smallest absolute Gasteiger partial charge is 0.166 e. The van der Waals surface area contributed by atoms with Gasteiger partial charge in [0.2, 0.25) is 0 Å². The molecule has 0 unspecified atom stereocenters. The van der Waals surface area contributed by atoms with Gasteiger partial charge in [-0.2, -0.15) is 0 Å². The first-order valence-corrected chi connectivity index (χ1v) is 9.72. The molecule has 0 amide bonds. The molecule has 1 N–H and O–H groups in total. The van der Waals surface area contributed by atoms with E-state index in [-0.39, 0.29) is 11.7 Å². The zero-order valence-corrected chi connectivity index (χ0v) is 16.2. The normalized spacial score (nSPS) is 19.5. The maximum absolute atomic E-state index is 12.9. The molecule has 0 aromatic heterocycles. The van der Waals surface area contributed by atoms with Crippen LogP contribution in [0.4, 0.5) is 0 Å². The molecule has 0 aliphatic heterocycles. The number of rotatable bonds is 8. The molecule has 1 aliphatic carbocycles. The molecule has 1 saturated carbocycles. The lowest BCUT2D eigenvalue weighted by molar-refractivity contribution is 0.0871. The standard InChI is InChI=1S/C23H29NO3/c1-26-21-13-12-20(14-22(21)27-2)23(25)19-10-8-18(9-11-19)16-24-15-17-6-4-3-5-7-17/h3-7,12-14,18-19,24H,8-11,15-16H2,1-2H3. The minimum Gasteiger partial charge on any atom is -0.493 e. The summed E-state index contributed by atoms with van der Waals surface area (Å²) in [6.45, 7) is 1.93. The number of ketones is 1. The van der Waals surface area contributed by atoms with Gasteiger partial charge in [-0.25, -0.2) is 0 Å². The molecule has 0 spiro atoms. The molecule has 1 fully saturated rings. The van der Waals surface area contributed by atoms with E-state index in [1.54, 1.807) is 20.3 Å². The molecule has 0 saturated heterocycles. The van der Waals surface area contributed by atoms with Gasteiger partial charge in [-0.15, -0.1) is 0 Å². The van der Waals surface area contributed by atoms with Crippen molar-refractivity contribution in [3.8, 4) is 11.5 Å². The number of hydrogen-bond donors (Lipinski definition) is 1. The number of carbonyl (C=O) groups is 1. The van der Waals surface area contributed by atoms with Crippen molar-refractivity contribution in [3.63, 3.8) is 0 Å². The van der Waals surface area contributed by atoms with Gasteiger partial charge >= 0.3 is 0 Å². The Morgan fingerprint density at radius 1 is 0.963 bits per heavy atom. The number of nitrogens with one attached hydrogen (secondary N) is 1. The summed E-state index contributed by atoms with van der Waals surface area (Å²) in [7, 11) is 3.20. The highest BCUT2D eigenvalue weighted by Crippen LogP contribution is 2.33. The third-order valence-corrected chi connectivity index (χ3v) is 5.49. The van der Waals surface area contributed by atoms with E-state index in [0.717, 1.165) is 44.3 Å². The molecule has 1 aliphatic rings. The van der Waals surface area contributed by atoms with E-state index >= 15 is 0 Å². The minimum absolute atomic E-state index is 0.119. The van der Waals surface area contributed by atoms with Gasteiger partial charge in [0, 0.05) is 18.0 Å². The van der Waals surface area contributed by atoms with E-state index in [2.05, 4.69) is 29.6 Å². The topological polar surface area (TPSA) is 47.6 Å². The van der Waals surface area contributed by atoms with Crippen LogP contribution in [0.3, 0.4) is 0 Å². The van der Waals surface area contributed by atoms with Crippen LogP contribution in [0, 0.1) is 11.8 Å². The monoisotopic (exact) mass is 367 g/mol. The molecule has 4 heteroatoms. The van der Waals surface area contributed by atoms with Crippen LogP contribution in [0.25, 0.3) is 0 Å². The minimum atomic E-state index is 0.119. The van der Waals surface area contributed by atoms with Gasteiger partial charge in [-0.3, -0.25) is 4.79 Å². The number of ether oxygens (including phenoxy) is 2. The molecular weight excluding hydrogens is 338 g/mol. The van der Waals surface area contributed by atoms with Crippen LogP contribution in [0.15, 0.2) is 48.5 Å². The summed E-state index contributed by atoms with van der Waals surface area (Å²) in [5.74, 6) is 2.27. The predicted octanol–water partition coefficient (Wildman–Crippen LogP) is 4.48. The van der Waals surface area contributed by atoms with Gasteiger partial charge in [-0.05, 0) is 61.9 Å². The second-order valence-corrected chi connectivity index (χ2v) is 7.27. The van der Waals surface area contributed by atoms with Crippen molar-refractivity contribution in [2.75, 3.05) is 20.8 Å². The van der Waals surface area contributed by atoms with Crippen LogP contribution in [0.2, 0.25) is 0 Å². The predicted molar refractivity (Wildman–Crippen MR) is 107 cm³/mol. The lowest BCUT2D eigenvalue weighted by Gasteiger charge is -2.28. The Kier molecular flexibility index (Phi) is 6.88. The maximum atomic E-state index is 12.9. The van der Waals surface area contributed by atoms with Crippen molar-refractivity contribution >= 4 is 5.78 Å². The third kappa shape index (κ3) is 5.10. The highest BCUT2D eigenvalue weighted by atomic mass is 16.5. The third-order valence-electron chi connectivity index (χ3n) is 5.49. The lowest BCUT2D eigenvalue weighted by Crippen LogP contribution is -2.28. The average Bonchev–Trinajstić information content (AvgIpc) is 2.74. The fourth-order valence-electron chi connectivity index (χ4n) is 3.87. The number of Topliss-reactive ketones (excluding diaryl/α,β-unsaturated/α-hetero) is 1. The molecule has 3 rings (SSSR count). The Labute approximate surface area is 161 Å². The van der Waals surface area contributed by atoms with Crippen LogP contribution in [0.5, 0.6) is 11.5 Å². The van der Waals surface area contributed by atoms with Gasteiger partial charge in [0.05, 0.1) is 14.2 Å². The first kappa shape index (κ1) is 19.4. The largest absolute Gasteiger partial charge is 0.493 e. The summed E-state index contributed by atoms with van der Waals surface area (Å²) in [6, 6.07) is 15.9. The molecule has 2 aromatic rings. The number of benzene rings is 2. The first-order chi connectivity index (χ1) is 13.2. The van der Waals surface area contributed by atoms with E-state index < -0.39 is 0 Å². The number of hydrogen-bond acceptors (Lipinski definition) is 4. The zero-order valence-electron chi connectivity index (χ0n) is 16.2. The van der Waals surface area contributed by atoms with Gasteiger partial charge in [0.1, 0.15) is 0 Å². The second-order valence-electron chi connectivity index (χ2n) is 7.27. The molecular formula is C23H29NO3. The fraction of sp³-hybridized carbons (Fsp3) is 0.435. The van der Waals surface area contributed by atoms with Crippen LogP contribution >= 0.6 is 0 Å². The summed E-state index contributed by atoms with van der Waals surface area (Å²) >= 11 is 0. The van der Waals surface area contributed by atoms with Crippen molar-refractivity contribution in [3.05, 3.63) is 59.7 Å². The van der Waals surface area contributed by atoms with E-state index in [0.29, 0.717) is 17.4 Å². The molecule has 0 atom stereocenters. The molecule has 0 heterocycles. The molecule has 0 radical (unpaired) electrons. The van der Waals surface area contributed by atoms with Crippen LogP contribution in [-0.4, -0.2) is 26.5 Å². The zero-order chi connectivity index (χ0) is 19.1. The van der Waals surface area contributed by atoms with Crippen molar-refractivity contribution in [1.82, 2.24) is 5.32 Å². The van der Waals surface area contributed by atoms with Crippen molar-refractivity contribution in [1.29, 1.82) is 0 Å². The van der Waals surface area contributed by atoms with Crippen molar-refractivity contribution in [2.24, 2.45) is 11.8 Å². The number of carbonyl (C=O) groups excluding carboxylic acids is 1. The Hall–Kier alpha value is -2.33. The van der Waals surface area contributed by atoms with E-state index in [9.17, 15) is 4.79 Å². The molecule has 4 nitrogen and oxygen atoms in total. The summed E-state index contributed by atoms with van der Waals surface area (Å²) < 4.78 is 10.6. The second kappa shape index (κ2) is 9.56. The van der Waals surface area contributed by atoms with E-state index in [1.165, 1.54) is 5.56 Å². The molecule has 2 aromatic carbocycles. The lowest BCUT2D eigenvalue weighted by atomic mass is 9.78. The van der Waals surface area contributed by atoms with Gasteiger partial charge in [-0.1, -0.05) is 30.3 Å². The SMILES string of the molecule is COc1ccc(C(=O)C2CCC(CNCc3ccccc3)CC2)cc1OC. The van der Waals surface area contributed by atoms with Gasteiger partial charge in [0.25, 0.3) is 0 Å². The molecule has 144 valence electrons. The fourth-order valence-corrected chi connectivity index (χ4v) is 3.87. The van der Waals surface area contributed by atoms with Gasteiger partial charge < -0.3 is 14.8 Å². The first-order valence-electron chi connectivity index (χ1n) is 9.72. The van der Waals surface area contributed by atoms with Crippen molar-refractivity contribution in [2.45, 2.75) is 32.2 Å². The van der Waals surface area contributed by atoms with Crippen molar-refractivity contribution < 1.29 is 14.3 Å². The Balaban J connectivity index is 1.48. The molecule has 27 heavy (non-hydrogen) atoms. The Morgan fingerprint density at radius 2 is 1.67 bits per heavy atom.